The fourth-order valence-electron chi connectivity index (χ4n) is 2.69. The van der Waals surface area contributed by atoms with Crippen LogP contribution in [0.2, 0.25) is 0 Å². The number of aromatic amines is 1. The molecule has 0 aliphatic carbocycles. The second-order valence-electron chi connectivity index (χ2n) is 4.78. The van der Waals surface area contributed by atoms with Gasteiger partial charge in [0.2, 0.25) is 0 Å². The van der Waals surface area contributed by atoms with Crippen LogP contribution >= 0.6 is 0 Å². The lowest BCUT2D eigenvalue weighted by Crippen LogP contribution is -2.21. The van der Waals surface area contributed by atoms with Crippen LogP contribution in [0.5, 0.6) is 0 Å². The number of hydrogen-bond donors (Lipinski definition) is 2. The van der Waals surface area contributed by atoms with Crippen LogP contribution in [0, 0.1) is 6.92 Å². The smallest absolute Gasteiger partial charge is 0.312 e. The lowest BCUT2D eigenvalue weighted by molar-refractivity contribution is 0.642. The van der Waals surface area contributed by atoms with E-state index >= 15 is 0 Å². The van der Waals surface area contributed by atoms with E-state index in [9.17, 15) is 4.79 Å². The molecule has 4 heteroatoms. The summed E-state index contributed by atoms with van der Waals surface area (Å²) in [6.45, 7) is 3.00. The number of imidazole rings is 1. The van der Waals surface area contributed by atoms with E-state index in [1.54, 1.807) is 10.8 Å². The highest BCUT2D eigenvalue weighted by molar-refractivity contribution is 5.44. The monoisotopic (exact) mass is 243 g/mol. The van der Waals surface area contributed by atoms with Gasteiger partial charge in [-0.3, -0.25) is 4.57 Å². The summed E-state index contributed by atoms with van der Waals surface area (Å²) in [5, 5.41) is 3.49. The third-order valence-corrected chi connectivity index (χ3v) is 3.57. The first-order valence-electron chi connectivity index (χ1n) is 6.37. The number of nitrogens with one attached hydrogen (secondary N) is 2. The second kappa shape index (κ2) is 4.46. The molecule has 1 aromatic carbocycles. The summed E-state index contributed by atoms with van der Waals surface area (Å²) in [4.78, 5) is 14.6. The molecule has 3 rings (SSSR count). The van der Waals surface area contributed by atoms with Crippen molar-refractivity contribution in [2.75, 3.05) is 6.54 Å². The van der Waals surface area contributed by atoms with Crippen molar-refractivity contribution in [2.45, 2.75) is 25.8 Å². The number of benzene rings is 1. The van der Waals surface area contributed by atoms with E-state index in [2.05, 4.69) is 16.4 Å². The Kier molecular flexibility index (Phi) is 2.80. The van der Waals surface area contributed by atoms with E-state index in [0.29, 0.717) is 6.04 Å². The highest BCUT2D eigenvalue weighted by Gasteiger charge is 2.20. The van der Waals surface area contributed by atoms with Crippen LogP contribution in [0.1, 0.15) is 30.1 Å². The maximum Gasteiger partial charge on any atom is 0.330 e. The van der Waals surface area contributed by atoms with Gasteiger partial charge in [0.1, 0.15) is 0 Å². The molecule has 0 spiro atoms. The van der Waals surface area contributed by atoms with Gasteiger partial charge in [0.25, 0.3) is 0 Å². The fraction of sp³-hybridized carbons (Fsp3) is 0.357. The van der Waals surface area contributed by atoms with E-state index < -0.39 is 0 Å². The van der Waals surface area contributed by atoms with Crippen LogP contribution in [0.15, 0.2) is 35.3 Å². The molecule has 4 nitrogen and oxygen atoms in total. The number of hydrogen-bond acceptors (Lipinski definition) is 2. The maximum absolute atomic E-state index is 11.9. The van der Waals surface area contributed by atoms with Crippen molar-refractivity contribution in [1.29, 1.82) is 0 Å². The van der Waals surface area contributed by atoms with Crippen LogP contribution in [0.4, 0.5) is 0 Å². The van der Waals surface area contributed by atoms with Gasteiger partial charge in [-0.25, -0.2) is 4.79 Å². The molecule has 1 aliphatic heterocycles. The topological polar surface area (TPSA) is 49.8 Å². The Bertz CT molecular complexity index is 605. The van der Waals surface area contributed by atoms with Crippen LogP contribution in [-0.2, 0) is 0 Å². The lowest BCUT2D eigenvalue weighted by Gasteiger charge is -2.16. The standard InChI is InChI=1S/C14H17N3O/c1-10-9-16-14(18)17(10)13-7-3-2-5-11(13)12-6-4-8-15-12/h2-3,5,7,9,12,15H,4,6,8H2,1H3,(H,16,18). The predicted molar refractivity (Wildman–Crippen MR) is 71.1 cm³/mol. The van der Waals surface area contributed by atoms with Gasteiger partial charge in [0.15, 0.2) is 0 Å². The van der Waals surface area contributed by atoms with Crippen molar-refractivity contribution in [3.8, 4) is 5.69 Å². The summed E-state index contributed by atoms with van der Waals surface area (Å²) in [6.07, 6.45) is 4.08. The number of H-pyrrole nitrogens is 1. The molecule has 0 bridgehead atoms. The van der Waals surface area contributed by atoms with Crippen LogP contribution in [-0.4, -0.2) is 16.1 Å². The maximum atomic E-state index is 11.9. The lowest BCUT2D eigenvalue weighted by atomic mass is 10.0. The van der Waals surface area contributed by atoms with E-state index in [0.717, 1.165) is 24.3 Å². The zero-order chi connectivity index (χ0) is 12.5. The van der Waals surface area contributed by atoms with Crippen LogP contribution < -0.4 is 11.0 Å². The molecular weight excluding hydrogens is 226 g/mol. The second-order valence-corrected chi connectivity index (χ2v) is 4.78. The van der Waals surface area contributed by atoms with Crippen molar-refractivity contribution in [3.05, 3.63) is 52.2 Å². The van der Waals surface area contributed by atoms with Gasteiger partial charge in [-0.15, -0.1) is 0 Å². The summed E-state index contributed by atoms with van der Waals surface area (Å²) in [5.41, 5.74) is 3.06. The Morgan fingerprint density at radius 3 is 2.83 bits per heavy atom. The molecule has 1 aliphatic rings. The van der Waals surface area contributed by atoms with E-state index in [4.69, 9.17) is 0 Å². The predicted octanol–water partition coefficient (Wildman–Crippen LogP) is 1.90. The van der Waals surface area contributed by atoms with E-state index in [1.165, 1.54) is 12.0 Å². The fourth-order valence-corrected chi connectivity index (χ4v) is 2.69. The highest BCUT2D eigenvalue weighted by atomic mass is 16.1. The Morgan fingerprint density at radius 1 is 1.33 bits per heavy atom. The molecule has 2 N–H and O–H groups in total. The number of rotatable bonds is 2. The molecule has 1 aromatic heterocycles. The van der Waals surface area contributed by atoms with E-state index in [-0.39, 0.29) is 5.69 Å². The van der Waals surface area contributed by atoms with E-state index in [1.807, 2.05) is 25.1 Å². The summed E-state index contributed by atoms with van der Waals surface area (Å²) < 4.78 is 1.75. The first kappa shape index (κ1) is 11.3. The van der Waals surface area contributed by atoms with Crippen LogP contribution in [0.3, 0.4) is 0 Å². The normalized spacial score (nSPS) is 19.3. The number of aryl methyl sites for hydroxylation is 1. The summed E-state index contributed by atoms with van der Waals surface area (Å²) in [5.74, 6) is 0. The van der Waals surface area contributed by atoms with Crippen molar-refractivity contribution >= 4 is 0 Å². The Hall–Kier alpha value is -1.81. The van der Waals surface area contributed by atoms with Crippen molar-refractivity contribution in [2.24, 2.45) is 0 Å². The van der Waals surface area contributed by atoms with Crippen LogP contribution in [0.25, 0.3) is 5.69 Å². The van der Waals surface area contributed by atoms with Gasteiger partial charge in [-0.05, 0) is 37.9 Å². The first-order chi connectivity index (χ1) is 8.77. The van der Waals surface area contributed by atoms with Gasteiger partial charge in [0.05, 0.1) is 5.69 Å². The highest BCUT2D eigenvalue weighted by Crippen LogP contribution is 2.27. The zero-order valence-corrected chi connectivity index (χ0v) is 10.4. The Balaban J connectivity index is 2.15. The molecule has 1 saturated heterocycles. The molecule has 2 aromatic rings. The quantitative estimate of drug-likeness (QED) is 0.846. The first-order valence-corrected chi connectivity index (χ1v) is 6.37. The number of para-hydroxylation sites is 1. The number of aromatic nitrogens is 2. The minimum absolute atomic E-state index is 0.0713. The molecule has 1 fully saturated rings. The zero-order valence-electron chi connectivity index (χ0n) is 10.4. The van der Waals surface area contributed by atoms with Gasteiger partial charge in [0, 0.05) is 17.9 Å². The van der Waals surface area contributed by atoms with Crippen molar-refractivity contribution in [3.63, 3.8) is 0 Å². The third kappa shape index (κ3) is 1.78. The summed E-state index contributed by atoms with van der Waals surface area (Å²) in [6, 6.07) is 8.50. The molecule has 0 saturated carbocycles. The molecule has 18 heavy (non-hydrogen) atoms. The molecule has 94 valence electrons. The molecule has 2 heterocycles. The molecular formula is C14H17N3O. The Labute approximate surface area is 106 Å². The van der Waals surface area contributed by atoms with Gasteiger partial charge < -0.3 is 10.3 Å². The van der Waals surface area contributed by atoms with Gasteiger partial charge in [-0.1, -0.05) is 18.2 Å². The summed E-state index contributed by atoms with van der Waals surface area (Å²) in [7, 11) is 0. The minimum atomic E-state index is -0.0713. The van der Waals surface area contributed by atoms with Gasteiger partial charge in [-0.2, -0.15) is 0 Å². The third-order valence-electron chi connectivity index (χ3n) is 3.57. The van der Waals surface area contributed by atoms with Crippen molar-refractivity contribution in [1.82, 2.24) is 14.9 Å². The molecule has 0 amide bonds. The number of nitrogens with zero attached hydrogens (tertiary/aromatic N) is 1. The summed E-state index contributed by atoms with van der Waals surface area (Å²) >= 11 is 0. The molecule has 1 atom stereocenters. The molecule has 0 radical (unpaired) electrons. The molecule has 1 unspecified atom stereocenters. The largest absolute Gasteiger partial charge is 0.330 e. The average molecular weight is 243 g/mol. The Morgan fingerprint density at radius 2 is 2.17 bits per heavy atom. The van der Waals surface area contributed by atoms with Crippen molar-refractivity contribution < 1.29 is 0 Å². The SMILES string of the molecule is Cc1c[nH]c(=O)n1-c1ccccc1C1CCCN1. The van der Waals surface area contributed by atoms with Gasteiger partial charge >= 0.3 is 5.69 Å². The average Bonchev–Trinajstić information content (AvgIpc) is 3.00. The minimum Gasteiger partial charge on any atom is -0.312 e.